The van der Waals surface area contributed by atoms with Crippen LogP contribution in [0.2, 0.25) is 0 Å². The first-order valence-electron chi connectivity index (χ1n) is 5.06. The van der Waals surface area contributed by atoms with Crippen molar-refractivity contribution in [2.45, 2.75) is 20.3 Å². The summed E-state index contributed by atoms with van der Waals surface area (Å²) in [6.07, 6.45) is 0.751. The lowest BCUT2D eigenvalue weighted by atomic mass is 10.1. The van der Waals surface area contributed by atoms with E-state index in [0.717, 1.165) is 28.4 Å². The minimum absolute atomic E-state index is 0.229. The van der Waals surface area contributed by atoms with Gasteiger partial charge in [-0.25, -0.2) is 4.98 Å². The largest absolute Gasteiger partial charge is 0.394 e. The summed E-state index contributed by atoms with van der Waals surface area (Å²) in [6.45, 7) is 3.94. The molecule has 4 nitrogen and oxygen atoms in total. The normalized spacial score (nSPS) is 10.6. The lowest BCUT2D eigenvalue weighted by molar-refractivity contribution is 1.01. The molecule has 0 aliphatic rings. The molecule has 2 aromatic heterocycles. The van der Waals surface area contributed by atoms with Crippen molar-refractivity contribution in [3.8, 4) is 11.3 Å². The zero-order valence-electron chi connectivity index (χ0n) is 9.20. The third-order valence-corrected chi connectivity index (χ3v) is 3.17. The second kappa shape index (κ2) is 4.09. The minimum Gasteiger partial charge on any atom is -0.394 e. The van der Waals surface area contributed by atoms with Crippen molar-refractivity contribution in [1.82, 2.24) is 9.97 Å². The van der Waals surface area contributed by atoms with E-state index in [-0.39, 0.29) is 11.2 Å². The minimum atomic E-state index is -0.229. The number of thiazole rings is 1. The summed E-state index contributed by atoms with van der Waals surface area (Å²) in [7, 11) is 0. The van der Waals surface area contributed by atoms with Crippen LogP contribution < -0.4 is 11.3 Å². The van der Waals surface area contributed by atoms with Crippen molar-refractivity contribution in [2.75, 3.05) is 5.73 Å². The highest BCUT2D eigenvalue weighted by molar-refractivity contribution is 7.09. The Balaban J connectivity index is 2.63. The average molecular weight is 235 g/mol. The van der Waals surface area contributed by atoms with Gasteiger partial charge in [0, 0.05) is 16.6 Å². The Bertz CT molecular complexity index is 571. The number of nitrogen functional groups attached to an aromatic ring is 1. The number of nitrogens with two attached hydrogens (primary N) is 1. The molecule has 0 saturated carbocycles. The molecule has 84 valence electrons. The number of H-pyrrole nitrogens is 1. The highest BCUT2D eigenvalue weighted by Gasteiger charge is 2.10. The maximum atomic E-state index is 11.4. The molecular formula is C11H13N3OS. The molecule has 2 heterocycles. The summed E-state index contributed by atoms with van der Waals surface area (Å²) in [4.78, 5) is 18.6. The number of aryl methyl sites for hydroxylation is 2. The fraction of sp³-hybridized carbons (Fsp3) is 0.273. The third-order valence-electron chi connectivity index (χ3n) is 2.40. The van der Waals surface area contributed by atoms with Gasteiger partial charge in [0.15, 0.2) is 0 Å². The van der Waals surface area contributed by atoms with Crippen LogP contribution in [0, 0.1) is 6.92 Å². The standard InChI is InChI=1S/C11H13N3OS/c1-3-9-7(4-8(12)11(15)14-9)10-5-16-6(2)13-10/h4-5H,3,12H2,1-2H3,(H,14,15). The van der Waals surface area contributed by atoms with Gasteiger partial charge in [-0.2, -0.15) is 0 Å². The number of hydrogen-bond donors (Lipinski definition) is 2. The van der Waals surface area contributed by atoms with Crippen molar-refractivity contribution in [1.29, 1.82) is 0 Å². The number of aromatic amines is 1. The molecular weight excluding hydrogens is 222 g/mol. The summed E-state index contributed by atoms with van der Waals surface area (Å²) in [5.74, 6) is 0. The zero-order valence-corrected chi connectivity index (χ0v) is 10.0. The Hall–Kier alpha value is -1.62. The van der Waals surface area contributed by atoms with E-state index in [1.54, 1.807) is 17.4 Å². The predicted octanol–water partition coefficient (Wildman–Crippen LogP) is 1.95. The van der Waals surface area contributed by atoms with Crippen molar-refractivity contribution < 1.29 is 0 Å². The Kier molecular flexibility index (Phi) is 2.78. The number of hydrogen-bond acceptors (Lipinski definition) is 4. The van der Waals surface area contributed by atoms with Crippen LogP contribution in [0.4, 0.5) is 5.69 Å². The average Bonchev–Trinajstić information content (AvgIpc) is 2.68. The van der Waals surface area contributed by atoms with Gasteiger partial charge in [-0.3, -0.25) is 4.79 Å². The fourth-order valence-electron chi connectivity index (χ4n) is 1.58. The van der Waals surface area contributed by atoms with E-state index in [0.29, 0.717) is 0 Å². The van der Waals surface area contributed by atoms with E-state index in [9.17, 15) is 4.79 Å². The first-order valence-corrected chi connectivity index (χ1v) is 5.94. The Labute approximate surface area is 97.2 Å². The van der Waals surface area contributed by atoms with Crippen LogP contribution in [0.1, 0.15) is 17.6 Å². The summed E-state index contributed by atoms with van der Waals surface area (Å²) in [6, 6.07) is 1.70. The van der Waals surface area contributed by atoms with E-state index >= 15 is 0 Å². The van der Waals surface area contributed by atoms with E-state index in [2.05, 4.69) is 9.97 Å². The Morgan fingerprint density at radius 2 is 2.31 bits per heavy atom. The summed E-state index contributed by atoms with van der Waals surface area (Å²) < 4.78 is 0. The number of nitrogens with one attached hydrogen (secondary N) is 1. The molecule has 0 radical (unpaired) electrons. The Morgan fingerprint density at radius 3 is 2.88 bits per heavy atom. The molecule has 0 aromatic carbocycles. The lowest BCUT2D eigenvalue weighted by Crippen LogP contribution is -2.14. The molecule has 2 rings (SSSR count). The molecule has 0 fully saturated rings. The molecule has 0 saturated heterocycles. The molecule has 0 atom stereocenters. The van der Waals surface area contributed by atoms with Gasteiger partial charge < -0.3 is 10.7 Å². The summed E-state index contributed by atoms with van der Waals surface area (Å²) >= 11 is 1.58. The summed E-state index contributed by atoms with van der Waals surface area (Å²) in [5, 5.41) is 2.98. The van der Waals surface area contributed by atoms with Gasteiger partial charge in [0.25, 0.3) is 5.56 Å². The number of pyridine rings is 1. The highest BCUT2D eigenvalue weighted by atomic mass is 32.1. The molecule has 5 heteroatoms. The molecule has 2 aromatic rings. The third kappa shape index (κ3) is 1.86. The van der Waals surface area contributed by atoms with Crippen LogP contribution in [0.15, 0.2) is 16.2 Å². The van der Waals surface area contributed by atoms with Gasteiger partial charge >= 0.3 is 0 Å². The second-order valence-electron chi connectivity index (χ2n) is 3.55. The van der Waals surface area contributed by atoms with E-state index in [1.807, 2.05) is 19.2 Å². The topological polar surface area (TPSA) is 71.8 Å². The van der Waals surface area contributed by atoms with Gasteiger partial charge in [0.2, 0.25) is 0 Å². The second-order valence-corrected chi connectivity index (χ2v) is 4.61. The van der Waals surface area contributed by atoms with Crippen LogP contribution in [0.3, 0.4) is 0 Å². The molecule has 0 bridgehead atoms. The van der Waals surface area contributed by atoms with Crippen molar-refractivity contribution in [3.05, 3.63) is 32.5 Å². The molecule has 16 heavy (non-hydrogen) atoms. The van der Waals surface area contributed by atoms with Crippen molar-refractivity contribution in [2.24, 2.45) is 0 Å². The van der Waals surface area contributed by atoms with Gasteiger partial charge in [0.05, 0.1) is 16.4 Å². The quantitative estimate of drug-likeness (QED) is 0.835. The SMILES string of the molecule is CCc1[nH]c(=O)c(N)cc1-c1csc(C)n1. The van der Waals surface area contributed by atoms with Crippen LogP contribution in [-0.4, -0.2) is 9.97 Å². The van der Waals surface area contributed by atoms with Crippen molar-refractivity contribution in [3.63, 3.8) is 0 Å². The van der Waals surface area contributed by atoms with Crippen LogP contribution >= 0.6 is 11.3 Å². The number of rotatable bonds is 2. The zero-order chi connectivity index (χ0) is 11.7. The molecule has 0 spiro atoms. The highest BCUT2D eigenvalue weighted by Crippen LogP contribution is 2.24. The van der Waals surface area contributed by atoms with E-state index < -0.39 is 0 Å². The van der Waals surface area contributed by atoms with E-state index in [1.165, 1.54) is 0 Å². The van der Waals surface area contributed by atoms with Crippen LogP contribution in [0.25, 0.3) is 11.3 Å². The summed E-state index contributed by atoms with van der Waals surface area (Å²) in [5.41, 5.74) is 8.30. The number of anilines is 1. The Morgan fingerprint density at radius 1 is 1.56 bits per heavy atom. The smallest absolute Gasteiger partial charge is 0.271 e. The maximum Gasteiger partial charge on any atom is 0.271 e. The van der Waals surface area contributed by atoms with Crippen LogP contribution in [0.5, 0.6) is 0 Å². The number of nitrogens with zero attached hydrogens (tertiary/aromatic N) is 1. The molecule has 3 N–H and O–H groups in total. The van der Waals surface area contributed by atoms with Gasteiger partial charge in [-0.15, -0.1) is 11.3 Å². The van der Waals surface area contributed by atoms with Gasteiger partial charge in [-0.1, -0.05) is 6.92 Å². The maximum absolute atomic E-state index is 11.4. The fourth-order valence-corrected chi connectivity index (χ4v) is 2.19. The van der Waals surface area contributed by atoms with Gasteiger partial charge in [-0.05, 0) is 19.4 Å². The first-order chi connectivity index (χ1) is 7.61. The van der Waals surface area contributed by atoms with Gasteiger partial charge in [0.1, 0.15) is 0 Å². The molecule has 0 unspecified atom stereocenters. The van der Waals surface area contributed by atoms with Crippen LogP contribution in [-0.2, 0) is 6.42 Å². The lowest BCUT2D eigenvalue weighted by Gasteiger charge is -2.05. The van der Waals surface area contributed by atoms with E-state index in [4.69, 9.17) is 5.73 Å². The first kappa shape index (κ1) is 10.9. The molecule has 0 amide bonds. The molecule has 0 aliphatic heterocycles. The predicted molar refractivity (Wildman–Crippen MR) is 66.7 cm³/mol. The number of aromatic nitrogens is 2. The monoisotopic (exact) mass is 235 g/mol. The van der Waals surface area contributed by atoms with Crippen molar-refractivity contribution >= 4 is 17.0 Å². The molecule has 0 aliphatic carbocycles.